The van der Waals surface area contributed by atoms with Crippen molar-refractivity contribution < 1.29 is 22.9 Å². The summed E-state index contributed by atoms with van der Waals surface area (Å²) < 4.78 is 31.9. The minimum Gasteiger partial charge on any atom is -0.497 e. The molecule has 0 heterocycles. The molecule has 1 amide bonds. The maximum absolute atomic E-state index is 12.9. The predicted octanol–water partition coefficient (Wildman–Crippen LogP) is 3.99. The summed E-state index contributed by atoms with van der Waals surface area (Å²) in [5, 5.41) is 13.7. The van der Waals surface area contributed by atoms with Gasteiger partial charge >= 0.3 is 0 Å². The van der Waals surface area contributed by atoms with Crippen molar-refractivity contribution >= 4 is 33.0 Å². The minimum atomic E-state index is -3.80. The number of benzene rings is 3. The van der Waals surface area contributed by atoms with E-state index in [1.54, 1.807) is 25.1 Å². The molecule has 0 radical (unpaired) electrons. The molecule has 0 atom stereocenters. The standard InChI is InChI=1S/C22H21N3O6S/c1-15-20(5-4-6-21(15)25(27)28)23-22(26)16-7-9-17(10-8-16)24(2)32(29,30)19-13-11-18(31-3)12-14-19/h4-14H,1-3H3,(H,23,26). The quantitative estimate of drug-likeness (QED) is 0.425. The van der Waals surface area contributed by atoms with Crippen molar-refractivity contribution in [2.45, 2.75) is 11.8 Å². The number of hydrogen-bond acceptors (Lipinski definition) is 6. The van der Waals surface area contributed by atoms with Crippen LogP contribution in [0.1, 0.15) is 15.9 Å². The Bertz CT molecular complexity index is 1260. The average molecular weight is 455 g/mol. The van der Waals surface area contributed by atoms with Crippen LogP contribution in [0, 0.1) is 17.0 Å². The van der Waals surface area contributed by atoms with E-state index < -0.39 is 20.9 Å². The third kappa shape index (κ3) is 4.54. The van der Waals surface area contributed by atoms with E-state index in [-0.39, 0.29) is 16.1 Å². The zero-order chi connectivity index (χ0) is 23.5. The highest BCUT2D eigenvalue weighted by Crippen LogP contribution is 2.27. The Labute approximate surface area is 185 Å². The molecule has 0 saturated carbocycles. The summed E-state index contributed by atoms with van der Waals surface area (Å²) in [5.41, 5.74) is 1.21. The SMILES string of the molecule is COc1ccc(S(=O)(=O)N(C)c2ccc(C(=O)Nc3cccc([N+](=O)[O-])c3C)cc2)cc1. The molecule has 0 unspecified atom stereocenters. The van der Waals surface area contributed by atoms with Gasteiger partial charge in [0.1, 0.15) is 5.75 Å². The monoisotopic (exact) mass is 455 g/mol. The van der Waals surface area contributed by atoms with Crippen LogP contribution in [0.2, 0.25) is 0 Å². The molecule has 0 spiro atoms. The molecule has 10 heteroatoms. The number of rotatable bonds is 7. The summed E-state index contributed by atoms with van der Waals surface area (Å²) in [6.45, 7) is 1.55. The normalized spacial score (nSPS) is 11.0. The number of methoxy groups -OCH3 is 1. The first-order valence-corrected chi connectivity index (χ1v) is 10.9. The van der Waals surface area contributed by atoms with Crippen LogP contribution >= 0.6 is 0 Å². The lowest BCUT2D eigenvalue weighted by atomic mass is 10.1. The van der Waals surface area contributed by atoms with E-state index in [2.05, 4.69) is 5.32 Å². The molecule has 0 saturated heterocycles. The first-order chi connectivity index (χ1) is 15.1. The van der Waals surface area contributed by atoms with Gasteiger partial charge in [-0.2, -0.15) is 0 Å². The van der Waals surface area contributed by atoms with E-state index in [1.165, 1.54) is 62.7 Å². The number of anilines is 2. The fourth-order valence-electron chi connectivity index (χ4n) is 3.02. The molecule has 3 rings (SSSR count). The second kappa shape index (κ2) is 9.06. The van der Waals surface area contributed by atoms with Crippen LogP contribution in [-0.2, 0) is 10.0 Å². The number of carbonyl (C=O) groups is 1. The van der Waals surface area contributed by atoms with Crippen LogP contribution in [0.4, 0.5) is 17.1 Å². The Morgan fingerprint density at radius 2 is 1.66 bits per heavy atom. The molecular weight excluding hydrogens is 434 g/mol. The smallest absolute Gasteiger partial charge is 0.274 e. The Balaban J connectivity index is 1.79. The topological polar surface area (TPSA) is 119 Å². The highest BCUT2D eigenvalue weighted by Gasteiger charge is 2.22. The zero-order valence-electron chi connectivity index (χ0n) is 17.6. The number of carbonyl (C=O) groups excluding carboxylic acids is 1. The maximum atomic E-state index is 12.9. The van der Waals surface area contributed by atoms with Gasteiger partial charge in [-0.25, -0.2) is 8.42 Å². The Hall–Kier alpha value is -3.92. The molecule has 3 aromatic carbocycles. The van der Waals surface area contributed by atoms with Gasteiger partial charge in [0.15, 0.2) is 0 Å². The lowest BCUT2D eigenvalue weighted by Gasteiger charge is -2.20. The number of hydrogen-bond donors (Lipinski definition) is 1. The van der Waals surface area contributed by atoms with E-state index in [0.717, 1.165) is 4.31 Å². The van der Waals surface area contributed by atoms with Crippen LogP contribution in [0.25, 0.3) is 0 Å². The number of amides is 1. The molecule has 0 bridgehead atoms. The number of nitro groups is 1. The van der Waals surface area contributed by atoms with Gasteiger partial charge in [-0.1, -0.05) is 6.07 Å². The highest BCUT2D eigenvalue weighted by molar-refractivity contribution is 7.92. The molecule has 9 nitrogen and oxygen atoms in total. The largest absolute Gasteiger partial charge is 0.497 e. The van der Waals surface area contributed by atoms with Crippen molar-refractivity contribution in [3.8, 4) is 5.75 Å². The first-order valence-electron chi connectivity index (χ1n) is 9.43. The van der Waals surface area contributed by atoms with Crippen molar-refractivity contribution in [3.63, 3.8) is 0 Å². The Morgan fingerprint density at radius 1 is 1.03 bits per heavy atom. The third-order valence-electron chi connectivity index (χ3n) is 4.96. The second-order valence-corrected chi connectivity index (χ2v) is 8.83. The van der Waals surface area contributed by atoms with Gasteiger partial charge in [0.25, 0.3) is 21.6 Å². The molecule has 32 heavy (non-hydrogen) atoms. The second-order valence-electron chi connectivity index (χ2n) is 6.86. The fraction of sp³-hybridized carbons (Fsp3) is 0.136. The summed E-state index contributed by atoms with van der Waals surface area (Å²) in [4.78, 5) is 23.2. The van der Waals surface area contributed by atoms with Gasteiger partial charge in [0, 0.05) is 18.7 Å². The minimum absolute atomic E-state index is 0.0940. The highest BCUT2D eigenvalue weighted by atomic mass is 32.2. The first kappa shape index (κ1) is 22.8. The average Bonchev–Trinajstić information content (AvgIpc) is 2.79. The molecule has 0 aliphatic carbocycles. The molecule has 3 aromatic rings. The van der Waals surface area contributed by atoms with E-state index in [1.807, 2.05) is 0 Å². The van der Waals surface area contributed by atoms with E-state index in [9.17, 15) is 23.3 Å². The molecular formula is C22H21N3O6S. The van der Waals surface area contributed by atoms with Crippen LogP contribution in [-0.4, -0.2) is 33.4 Å². The Morgan fingerprint density at radius 3 is 2.22 bits per heavy atom. The van der Waals surface area contributed by atoms with Crippen molar-refractivity contribution in [2.75, 3.05) is 23.8 Å². The fourth-order valence-corrected chi connectivity index (χ4v) is 4.21. The summed E-state index contributed by atoms with van der Waals surface area (Å²) in [6, 6.07) is 16.4. The van der Waals surface area contributed by atoms with Crippen LogP contribution in [0.15, 0.2) is 71.6 Å². The van der Waals surface area contributed by atoms with Gasteiger partial charge in [-0.05, 0) is 61.5 Å². The van der Waals surface area contributed by atoms with Crippen molar-refractivity contribution in [3.05, 3.63) is 88.0 Å². The lowest BCUT2D eigenvalue weighted by Crippen LogP contribution is -2.26. The molecule has 1 N–H and O–H groups in total. The summed E-state index contributed by atoms with van der Waals surface area (Å²) in [7, 11) is -0.892. The third-order valence-corrected chi connectivity index (χ3v) is 6.76. The van der Waals surface area contributed by atoms with E-state index in [0.29, 0.717) is 22.7 Å². The van der Waals surface area contributed by atoms with E-state index in [4.69, 9.17) is 4.74 Å². The molecule has 0 aliphatic rings. The zero-order valence-corrected chi connectivity index (χ0v) is 18.4. The van der Waals surface area contributed by atoms with Gasteiger partial charge in [-0.3, -0.25) is 19.2 Å². The van der Waals surface area contributed by atoms with Gasteiger partial charge in [0.2, 0.25) is 0 Å². The lowest BCUT2D eigenvalue weighted by molar-refractivity contribution is -0.385. The molecule has 0 aliphatic heterocycles. The van der Waals surface area contributed by atoms with Crippen molar-refractivity contribution in [2.24, 2.45) is 0 Å². The van der Waals surface area contributed by atoms with Crippen LogP contribution in [0.3, 0.4) is 0 Å². The van der Waals surface area contributed by atoms with Gasteiger partial charge < -0.3 is 10.1 Å². The number of nitrogens with zero attached hydrogens (tertiary/aromatic N) is 2. The van der Waals surface area contributed by atoms with Gasteiger partial charge in [-0.15, -0.1) is 0 Å². The maximum Gasteiger partial charge on any atom is 0.274 e. The van der Waals surface area contributed by atoms with Gasteiger partial charge in [0.05, 0.1) is 33.9 Å². The number of nitro benzene ring substituents is 1. The van der Waals surface area contributed by atoms with Crippen LogP contribution < -0.4 is 14.4 Å². The summed E-state index contributed by atoms with van der Waals surface area (Å²) in [5.74, 6) is 0.0711. The predicted molar refractivity (Wildman–Crippen MR) is 121 cm³/mol. The number of ether oxygens (including phenoxy) is 1. The van der Waals surface area contributed by atoms with Crippen molar-refractivity contribution in [1.82, 2.24) is 0 Å². The number of sulfonamides is 1. The van der Waals surface area contributed by atoms with Crippen molar-refractivity contribution in [1.29, 1.82) is 0 Å². The molecule has 0 fully saturated rings. The summed E-state index contributed by atoms with van der Waals surface area (Å²) in [6.07, 6.45) is 0. The molecule has 166 valence electrons. The molecule has 0 aromatic heterocycles. The van der Waals surface area contributed by atoms with E-state index >= 15 is 0 Å². The van der Waals surface area contributed by atoms with Crippen LogP contribution in [0.5, 0.6) is 5.75 Å². The Kier molecular flexibility index (Phi) is 6.45. The summed E-state index contributed by atoms with van der Waals surface area (Å²) >= 11 is 0. The number of nitrogens with one attached hydrogen (secondary N) is 1.